The van der Waals surface area contributed by atoms with Crippen molar-refractivity contribution in [1.82, 2.24) is 5.32 Å². The summed E-state index contributed by atoms with van der Waals surface area (Å²) in [7, 11) is 0. The number of carbonyl (C=O) groups excluding carboxylic acids is 1. The standard InChI is InChI=1S/C40H77NO3/c1-3-5-7-9-11-13-15-17-19-20-22-23-25-27-29-31-33-35-39(43)38(37-42)41-40(44)36-34-32-30-28-26-24-21-18-16-14-12-10-8-6-4-2/h25,27,33,35,38-39,42-43H,3-24,26,28-32,34,36-37H2,1-2H3,(H,41,44)/b27-25+,35-33+. The summed E-state index contributed by atoms with van der Waals surface area (Å²) in [5.74, 6) is -0.0727. The van der Waals surface area contributed by atoms with Crippen molar-refractivity contribution in [3.05, 3.63) is 24.3 Å². The second-order valence-corrected chi connectivity index (χ2v) is 13.3. The third kappa shape index (κ3) is 32.3. The lowest BCUT2D eigenvalue weighted by Crippen LogP contribution is -2.45. The van der Waals surface area contributed by atoms with Crippen molar-refractivity contribution < 1.29 is 15.0 Å². The van der Waals surface area contributed by atoms with Gasteiger partial charge in [-0.25, -0.2) is 0 Å². The van der Waals surface area contributed by atoms with Crippen molar-refractivity contribution in [1.29, 1.82) is 0 Å². The zero-order valence-electron chi connectivity index (χ0n) is 29.7. The summed E-state index contributed by atoms with van der Waals surface area (Å²) in [6.07, 6.45) is 45.5. The van der Waals surface area contributed by atoms with Gasteiger partial charge in [-0.15, -0.1) is 0 Å². The van der Waals surface area contributed by atoms with E-state index in [2.05, 4.69) is 31.3 Å². The van der Waals surface area contributed by atoms with Gasteiger partial charge in [-0.1, -0.05) is 192 Å². The molecule has 2 atom stereocenters. The smallest absolute Gasteiger partial charge is 0.220 e. The quantitative estimate of drug-likeness (QED) is 0.0488. The number of carbonyl (C=O) groups is 1. The van der Waals surface area contributed by atoms with Crippen LogP contribution in [0.3, 0.4) is 0 Å². The average Bonchev–Trinajstić information content (AvgIpc) is 3.03. The minimum Gasteiger partial charge on any atom is -0.394 e. The van der Waals surface area contributed by atoms with E-state index >= 15 is 0 Å². The fourth-order valence-corrected chi connectivity index (χ4v) is 5.90. The van der Waals surface area contributed by atoms with Crippen LogP contribution in [-0.2, 0) is 4.79 Å². The van der Waals surface area contributed by atoms with E-state index in [1.54, 1.807) is 6.08 Å². The van der Waals surface area contributed by atoms with E-state index in [1.807, 2.05) is 6.08 Å². The van der Waals surface area contributed by atoms with Gasteiger partial charge in [0, 0.05) is 6.42 Å². The molecule has 4 heteroatoms. The Labute approximate surface area is 275 Å². The SMILES string of the molecule is CCCCCCCCCCCCC/C=C/CC/C=C/C(O)C(CO)NC(=O)CCCCCCCCCCCCCCCCC. The summed E-state index contributed by atoms with van der Waals surface area (Å²) in [6.45, 7) is 4.30. The van der Waals surface area contributed by atoms with Gasteiger partial charge in [0.05, 0.1) is 18.8 Å². The molecule has 0 spiro atoms. The highest BCUT2D eigenvalue weighted by molar-refractivity contribution is 5.76. The van der Waals surface area contributed by atoms with E-state index in [9.17, 15) is 15.0 Å². The zero-order chi connectivity index (χ0) is 32.2. The maximum absolute atomic E-state index is 12.3. The first-order valence-electron chi connectivity index (χ1n) is 19.6. The van der Waals surface area contributed by atoms with E-state index in [4.69, 9.17) is 0 Å². The molecule has 0 heterocycles. The van der Waals surface area contributed by atoms with E-state index in [-0.39, 0.29) is 12.5 Å². The highest BCUT2D eigenvalue weighted by atomic mass is 16.3. The molecule has 3 N–H and O–H groups in total. The molecule has 0 aliphatic rings. The Bertz CT molecular complexity index is 632. The fraction of sp³-hybridized carbons (Fsp3) is 0.875. The monoisotopic (exact) mass is 620 g/mol. The molecule has 4 nitrogen and oxygen atoms in total. The molecular weight excluding hydrogens is 542 g/mol. The number of hydrogen-bond acceptors (Lipinski definition) is 3. The van der Waals surface area contributed by atoms with Gasteiger partial charge >= 0.3 is 0 Å². The lowest BCUT2D eigenvalue weighted by molar-refractivity contribution is -0.123. The van der Waals surface area contributed by atoms with Gasteiger partial charge in [-0.2, -0.15) is 0 Å². The van der Waals surface area contributed by atoms with Crippen LogP contribution in [0, 0.1) is 0 Å². The highest BCUT2D eigenvalue weighted by Gasteiger charge is 2.17. The Morgan fingerprint density at radius 2 is 0.886 bits per heavy atom. The van der Waals surface area contributed by atoms with Crippen LogP contribution in [0.15, 0.2) is 24.3 Å². The maximum atomic E-state index is 12.3. The number of amides is 1. The van der Waals surface area contributed by atoms with Gasteiger partial charge in [-0.3, -0.25) is 4.79 Å². The first kappa shape index (κ1) is 42.9. The summed E-state index contributed by atoms with van der Waals surface area (Å²) in [6, 6.07) is -0.633. The van der Waals surface area contributed by atoms with Crippen LogP contribution in [0.5, 0.6) is 0 Å². The number of rotatable bonds is 35. The maximum Gasteiger partial charge on any atom is 0.220 e. The number of aliphatic hydroxyl groups excluding tert-OH is 2. The normalized spacial score (nSPS) is 13.3. The molecule has 0 aromatic rings. The molecule has 0 rings (SSSR count). The first-order valence-corrected chi connectivity index (χ1v) is 19.6. The zero-order valence-corrected chi connectivity index (χ0v) is 29.7. The Balaban J connectivity index is 3.63. The second kappa shape index (κ2) is 36.3. The van der Waals surface area contributed by atoms with Crippen LogP contribution in [0.25, 0.3) is 0 Å². The lowest BCUT2D eigenvalue weighted by atomic mass is 10.0. The number of unbranched alkanes of at least 4 members (excludes halogenated alkanes) is 26. The Morgan fingerprint density at radius 3 is 1.32 bits per heavy atom. The van der Waals surface area contributed by atoms with E-state index < -0.39 is 12.1 Å². The summed E-state index contributed by atoms with van der Waals surface area (Å²) in [5, 5.41) is 22.9. The van der Waals surface area contributed by atoms with Gasteiger partial charge in [0.2, 0.25) is 5.91 Å². The van der Waals surface area contributed by atoms with Crippen molar-refractivity contribution in [3.63, 3.8) is 0 Å². The molecule has 44 heavy (non-hydrogen) atoms. The predicted octanol–water partition coefficient (Wildman–Crippen LogP) is 11.7. The molecule has 0 radical (unpaired) electrons. The van der Waals surface area contributed by atoms with Crippen molar-refractivity contribution in [2.45, 2.75) is 219 Å². The molecule has 0 saturated heterocycles. The average molecular weight is 620 g/mol. The van der Waals surface area contributed by atoms with Gasteiger partial charge < -0.3 is 15.5 Å². The number of nitrogens with one attached hydrogen (secondary N) is 1. The van der Waals surface area contributed by atoms with E-state index in [0.717, 1.165) is 32.1 Å². The van der Waals surface area contributed by atoms with Crippen molar-refractivity contribution >= 4 is 5.91 Å². The molecule has 0 aliphatic carbocycles. The summed E-state index contributed by atoms with van der Waals surface area (Å²) in [5.41, 5.74) is 0. The van der Waals surface area contributed by atoms with Crippen LogP contribution >= 0.6 is 0 Å². The number of aliphatic hydroxyl groups is 2. The topological polar surface area (TPSA) is 69.6 Å². The van der Waals surface area contributed by atoms with Crippen molar-refractivity contribution in [2.24, 2.45) is 0 Å². The Hall–Kier alpha value is -1.13. The van der Waals surface area contributed by atoms with Crippen LogP contribution in [0.1, 0.15) is 206 Å². The molecule has 260 valence electrons. The van der Waals surface area contributed by atoms with Gasteiger partial charge in [0.25, 0.3) is 0 Å². The summed E-state index contributed by atoms with van der Waals surface area (Å²) >= 11 is 0. The lowest BCUT2D eigenvalue weighted by Gasteiger charge is -2.19. The minimum absolute atomic E-state index is 0.0727. The molecule has 0 bridgehead atoms. The molecule has 2 unspecified atom stereocenters. The third-order valence-corrected chi connectivity index (χ3v) is 8.94. The van der Waals surface area contributed by atoms with Crippen LogP contribution in [0.4, 0.5) is 0 Å². The largest absolute Gasteiger partial charge is 0.394 e. The van der Waals surface area contributed by atoms with E-state index in [0.29, 0.717) is 6.42 Å². The molecule has 0 aromatic carbocycles. The molecule has 0 aliphatic heterocycles. The van der Waals surface area contributed by atoms with Crippen molar-refractivity contribution in [2.75, 3.05) is 6.61 Å². The molecule has 0 aromatic heterocycles. The van der Waals surface area contributed by atoms with Crippen LogP contribution in [-0.4, -0.2) is 34.9 Å². The molecule has 0 saturated carbocycles. The summed E-state index contributed by atoms with van der Waals surface area (Å²) < 4.78 is 0. The predicted molar refractivity (Wildman–Crippen MR) is 193 cm³/mol. The number of allylic oxidation sites excluding steroid dienone is 3. The van der Waals surface area contributed by atoms with Crippen molar-refractivity contribution in [3.8, 4) is 0 Å². The fourth-order valence-electron chi connectivity index (χ4n) is 5.90. The molecule has 0 fully saturated rings. The van der Waals surface area contributed by atoms with Crippen LogP contribution < -0.4 is 5.32 Å². The number of hydrogen-bond donors (Lipinski definition) is 3. The third-order valence-electron chi connectivity index (χ3n) is 8.94. The molecule has 1 amide bonds. The highest BCUT2D eigenvalue weighted by Crippen LogP contribution is 2.14. The van der Waals surface area contributed by atoms with E-state index in [1.165, 1.54) is 154 Å². The van der Waals surface area contributed by atoms with Gasteiger partial charge in [-0.05, 0) is 32.1 Å². The summed E-state index contributed by atoms with van der Waals surface area (Å²) in [4.78, 5) is 12.3. The van der Waals surface area contributed by atoms with Gasteiger partial charge in [0.1, 0.15) is 0 Å². The molecular formula is C40H77NO3. The van der Waals surface area contributed by atoms with Gasteiger partial charge in [0.15, 0.2) is 0 Å². The minimum atomic E-state index is -0.856. The van der Waals surface area contributed by atoms with Crippen LogP contribution in [0.2, 0.25) is 0 Å². The Morgan fingerprint density at radius 1 is 0.523 bits per heavy atom. The Kier molecular flexibility index (Phi) is 35.4. The first-order chi connectivity index (χ1) is 21.7. The second-order valence-electron chi connectivity index (χ2n) is 13.3.